The monoisotopic (exact) mass is 662 g/mol. The van der Waals surface area contributed by atoms with E-state index in [-0.39, 0.29) is 23.4 Å². The summed E-state index contributed by atoms with van der Waals surface area (Å²) in [6, 6.07) is 29.4. The van der Waals surface area contributed by atoms with Crippen LogP contribution in [-0.2, 0) is 24.3 Å². The molecule has 0 saturated carbocycles. The predicted octanol–water partition coefficient (Wildman–Crippen LogP) is 6.46. The number of amides is 1. The molecule has 4 aromatic carbocycles. The van der Waals surface area contributed by atoms with E-state index in [2.05, 4.69) is 44.1 Å². The van der Waals surface area contributed by atoms with Gasteiger partial charge in [0.15, 0.2) is 11.5 Å². The molecule has 2 heterocycles. The van der Waals surface area contributed by atoms with E-state index in [0.29, 0.717) is 65.3 Å². The third kappa shape index (κ3) is 7.10. The number of fused-ring (bicyclic) bond motifs is 1. The first-order chi connectivity index (χ1) is 23.4. The highest BCUT2D eigenvalue weighted by Crippen LogP contribution is 2.39. The third-order valence-electron chi connectivity index (χ3n) is 8.01. The lowest BCUT2D eigenvalue weighted by molar-refractivity contribution is -0.112. The third-order valence-corrected chi connectivity index (χ3v) is 8.24. The zero-order valence-corrected chi connectivity index (χ0v) is 27.6. The highest BCUT2D eigenvalue weighted by molar-refractivity contribution is 6.55. The van der Waals surface area contributed by atoms with E-state index in [1.165, 1.54) is 0 Å². The number of rotatable bonds is 12. The van der Waals surface area contributed by atoms with E-state index in [1.54, 1.807) is 44.6 Å². The molecule has 6 rings (SSSR count). The lowest BCUT2D eigenvalue weighted by Crippen LogP contribution is -2.40. The lowest BCUT2D eigenvalue weighted by atomic mass is 10.1. The summed E-state index contributed by atoms with van der Waals surface area (Å²) in [4.78, 5) is 31.6. The van der Waals surface area contributed by atoms with Gasteiger partial charge in [0.2, 0.25) is 5.75 Å². The molecule has 0 fully saturated rings. The van der Waals surface area contributed by atoms with E-state index in [4.69, 9.17) is 31.5 Å². The number of ether oxygens (including phenoxy) is 3. The van der Waals surface area contributed by atoms with Gasteiger partial charge in [-0.15, -0.1) is 0 Å². The predicted molar refractivity (Wildman–Crippen MR) is 187 cm³/mol. The average molecular weight is 663 g/mol. The molecule has 0 spiro atoms. The van der Waals surface area contributed by atoms with Crippen LogP contribution in [0.5, 0.6) is 17.2 Å². The SMILES string of the molecule is COc1cc(Cc2cnc(/N=C3\C(=O)N(CN(Cc4ccccc4)Cc4ccccc4)c4ccc(Cl)cc43)nc2N)cc(OC)c1OC. The van der Waals surface area contributed by atoms with Crippen molar-refractivity contribution in [2.75, 3.05) is 38.6 Å². The maximum absolute atomic E-state index is 14.1. The molecule has 2 N–H and O–H groups in total. The van der Waals surface area contributed by atoms with Crippen molar-refractivity contribution in [1.29, 1.82) is 0 Å². The lowest BCUT2D eigenvalue weighted by Gasteiger charge is -2.28. The topological polar surface area (TPSA) is 115 Å². The van der Waals surface area contributed by atoms with Crippen molar-refractivity contribution in [3.8, 4) is 17.2 Å². The molecule has 1 aromatic heterocycles. The number of nitrogen functional groups attached to an aromatic ring is 1. The second-order valence-electron chi connectivity index (χ2n) is 11.2. The zero-order valence-electron chi connectivity index (χ0n) is 26.9. The fourth-order valence-corrected chi connectivity index (χ4v) is 5.90. The molecule has 1 amide bonds. The number of benzene rings is 4. The molecule has 11 heteroatoms. The summed E-state index contributed by atoms with van der Waals surface area (Å²) in [5.41, 5.74) is 11.7. The summed E-state index contributed by atoms with van der Waals surface area (Å²) in [5, 5.41) is 0.489. The molecule has 48 heavy (non-hydrogen) atoms. The van der Waals surface area contributed by atoms with Crippen molar-refractivity contribution in [2.24, 2.45) is 4.99 Å². The second kappa shape index (κ2) is 14.5. The standard InChI is InChI=1S/C37H35ClN6O4/c1-46-31-17-26(18-32(47-2)34(31)48-3)16-27-20-40-37(42-35(27)39)41-33-29-19-28(38)14-15-30(29)44(36(33)45)23-43(21-24-10-6-4-7-11-24)22-25-12-8-5-9-13-25/h4-15,17-20H,16,21-23H2,1-3H3,(H2,39,40,42)/b41-33-. The van der Waals surface area contributed by atoms with Crippen molar-refractivity contribution in [3.05, 3.63) is 130 Å². The maximum Gasteiger partial charge on any atom is 0.278 e. The van der Waals surface area contributed by atoms with Crippen LogP contribution in [0.1, 0.15) is 27.8 Å². The Morgan fingerprint density at radius 1 is 0.833 bits per heavy atom. The van der Waals surface area contributed by atoms with E-state index in [0.717, 1.165) is 16.7 Å². The molecule has 0 bridgehead atoms. The van der Waals surface area contributed by atoms with Crippen LogP contribution in [0.25, 0.3) is 0 Å². The molecule has 1 aliphatic rings. The van der Waals surface area contributed by atoms with Crippen molar-refractivity contribution in [1.82, 2.24) is 14.9 Å². The zero-order chi connectivity index (χ0) is 33.6. The molecular formula is C37H35ClN6O4. The molecule has 244 valence electrons. The molecule has 0 atom stereocenters. The first-order valence-electron chi connectivity index (χ1n) is 15.3. The van der Waals surface area contributed by atoms with Gasteiger partial charge in [0.05, 0.1) is 33.7 Å². The summed E-state index contributed by atoms with van der Waals surface area (Å²) < 4.78 is 16.4. The number of methoxy groups -OCH3 is 3. The summed E-state index contributed by atoms with van der Waals surface area (Å²) in [5.74, 6) is 1.59. The Kier molecular flexibility index (Phi) is 9.84. The Balaban J connectivity index is 1.29. The minimum atomic E-state index is -0.276. The van der Waals surface area contributed by atoms with Gasteiger partial charge in [-0.1, -0.05) is 72.3 Å². The van der Waals surface area contributed by atoms with Gasteiger partial charge in [0, 0.05) is 41.9 Å². The minimum absolute atomic E-state index is 0.0719. The first-order valence-corrected chi connectivity index (χ1v) is 15.7. The molecule has 0 radical (unpaired) electrons. The summed E-state index contributed by atoms with van der Waals surface area (Å²) in [7, 11) is 4.68. The molecule has 0 unspecified atom stereocenters. The Morgan fingerprint density at radius 3 is 2.02 bits per heavy atom. The van der Waals surface area contributed by atoms with E-state index < -0.39 is 0 Å². The second-order valence-corrected chi connectivity index (χ2v) is 11.7. The summed E-state index contributed by atoms with van der Waals surface area (Å²) >= 11 is 6.42. The quantitative estimate of drug-likeness (QED) is 0.162. The number of halogens is 1. The number of hydrogen-bond donors (Lipinski definition) is 1. The van der Waals surface area contributed by atoms with Crippen molar-refractivity contribution >= 4 is 40.7 Å². The van der Waals surface area contributed by atoms with Crippen LogP contribution < -0.4 is 24.8 Å². The van der Waals surface area contributed by atoms with Gasteiger partial charge >= 0.3 is 0 Å². The van der Waals surface area contributed by atoms with Gasteiger partial charge in [-0.3, -0.25) is 14.6 Å². The van der Waals surface area contributed by atoms with Gasteiger partial charge in [-0.2, -0.15) is 4.98 Å². The van der Waals surface area contributed by atoms with Crippen LogP contribution >= 0.6 is 11.6 Å². The summed E-state index contributed by atoms with van der Waals surface area (Å²) in [6.45, 7) is 1.61. The van der Waals surface area contributed by atoms with Crippen LogP contribution in [0.2, 0.25) is 5.02 Å². The van der Waals surface area contributed by atoms with E-state index in [1.807, 2.05) is 54.6 Å². The Morgan fingerprint density at radius 2 is 1.46 bits per heavy atom. The fourth-order valence-electron chi connectivity index (χ4n) is 5.73. The van der Waals surface area contributed by atoms with Crippen LogP contribution in [0.4, 0.5) is 17.5 Å². The van der Waals surface area contributed by atoms with Crippen LogP contribution in [-0.4, -0.2) is 54.5 Å². The van der Waals surface area contributed by atoms with Crippen molar-refractivity contribution in [3.63, 3.8) is 0 Å². The highest BCUT2D eigenvalue weighted by Gasteiger charge is 2.35. The smallest absolute Gasteiger partial charge is 0.278 e. The summed E-state index contributed by atoms with van der Waals surface area (Å²) in [6.07, 6.45) is 2.02. The number of nitrogens with two attached hydrogens (primary N) is 1. The molecule has 0 saturated heterocycles. The molecule has 10 nitrogen and oxygen atoms in total. The van der Waals surface area contributed by atoms with Crippen molar-refractivity contribution in [2.45, 2.75) is 19.5 Å². The van der Waals surface area contributed by atoms with Crippen LogP contribution in [0, 0.1) is 0 Å². The fraction of sp³-hybridized carbons (Fsp3) is 0.189. The van der Waals surface area contributed by atoms with Crippen LogP contribution in [0.15, 0.2) is 102 Å². The highest BCUT2D eigenvalue weighted by atomic mass is 35.5. The number of aromatic nitrogens is 2. The molecule has 0 aliphatic carbocycles. The minimum Gasteiger partial charge on any atom is -0.493 e. The Hall–Kier alpha value is -5.45. The van der Waals surface area contributed by atoms with Gasteiger partial charge in [0.25, 0.3) is 11.9 Å². The number of nitrogens with zero attached hydrogens (tertiary/aromatic N) is 5. The normalized spacial score (nSPS) is 13.2. The van der Waals surface area contributed by atoms with E-state index in [9.17, 15) is 4.79 Å². The molecular weight excluding hydrogens is 628 g/mol. The number of hydrogen-bond acceptors (Lipinski definition) is 9. The average Bonchev–Trinajstić information content (AvgIpc) is 3.34. The Bertz CT molecular complexity index is 1890. The number of carbonyl (C=O) groups is 1. The van der Waals surface area contributed by atoms with Gasteiger partial charge in [-0.25, -0.2) is 9.98 Å². The largest absolute Gasteiger partial charge is 0.493 e. The molecule has 1 aliphatic heterocycles. The number of aliphatic imine (C=N–C) groups is 1. The maximum atomic E-state index is 14.1. The number of anilines is 2. The first kappa shape index (κ1) is 32.5. The number of carbonyl (C=O) groups excluding carboxylic acids is 1. The molecule has 5 aromatic rings. The van der Waals surface area contributed by atoms with Gasteiger partial charge in [-0.05, 0) is 47.0 Å². The van der Waals surface area contributed by atoms with E-state index >= 15 is 0 Å². The van der Waals surface area contributed by atoms with Gasteiger partial charge in [0.1, 0.15) is 11.5 Å². The Labute approximate surface area is 284 Å². The van der Waals surface area contributed by atoms with Crippen molar-refractivity contribution < 1.29 is 19.0 Å². The van der Waals surface area contributed by atoms with Crippen LogP contribution in [0.3, 0.4) is 0 Å². The van der Waals surface area contributed by atoms with Gasteiger partial charge < -0.3 is 19.9 Å².